The SMILES string of the molecule is CCCCCc1ccccc1OCCCSCCC(=O)OC. The van der Waals surface area contributed by atoms with E-state index in [0.29, 0.717) is 6.42 Å². The molecule has 0 aromatic heterocycles. The van der Waals surface area contributed by atoms with Crippen molar-refractivity contribution < 1.29 is 14.3 Å². The fourth-order valence-electron chi connectivity index (χ4n) is 2.12. The monoisotopic (exact) mass is 324 g/mol. The fraction of sp³-hybridized carbons (Fsp3) is 0.611. The zero-order valence-corrected chi connectivity index (χ0v) is 14.6. The number of unbranched alkanes of at least 4 members (excludes halogenated alkanes) is 2. The highest BCUT2D eigenvalue weighted by Crippen LogP contribution is 2.20. The van der Waals surface area contributed by atoms with E-state index in [-0.39, 0.29) is 5.97 Å². The summed E-state index contributed by atoms with van der Waals surface area (Å²) in [6.45, 7) is 2.95. The maximum absolute atomic E-state index is 11.0. The van der Waals surface area contributed by atoms with E-state index < -0.39 is 0 Å². The number of hydrogen-bond donors (Lipinski definition) is 0. The first-order valence-electron chi connectivity index (χ1n) is 8.13. The number of methoxy groups -OCH3 is 1. The molecule has 0 atom stereocenters. The van der Waals surface area contributed by atoms with Crippen LogP contribution in [-0.4, -0.2) is 31.2 Å². The summed E-state index contributed by atoms with van der Waals surface area (Å²) in [4.78, 5) is 11.0. The lowest BCUT2D eigenvalue weighted by molar-refractivity contribution is -0.140. The molecule has 0 aliphatic heterocycles. The van der Waals surface area contributed by atoms with Gasteiger partial charge < -0.3 is 9.47 Å². The second-order valence-corrected chi connectivity index (χ2v) is 6.43. The molecule has 0 unspecified atom stereocenters. The molecule has 0 spiro atoms. The first-order valence-corrected chi connectivity index (χ1v) is 9.28. The van der Waals surface area contributed by atoms with Crippen molar-refractivity contribution in [1.29, 1.82) is 0 Å². The van der Waals surface area contributed by atoms with Gasteiger partial charge in [0.1, 0.15) is 5.75 Å². The number of rotatable bonds is 12. The Morgan fingerprint density at radius 2 is 1.95 bits per heavy atom. The first-order chi connectivity index (χ1) is 10.8. The van der Waals surface area contributed by atoms with Gasteiger partial charge in [-0.05, 0) is 36.6 Å². The lowest BCUT2D eigenvalue weighted by Gasteiger charge is -2.11. The van der Waals surface area contributed by atoms with E-state index in [1.54, 1.807) is 11.8 Å². The molecule has 4 heteroatoms. The van der Waals surface area contributed by atoms with Crippen molar-refractivity contribution in [2.24, 2.45) is 0 Å². The molecule has 0 amide bonds. The van der Waals surface area contributed by atoms with Crippen molar-refractivity contribution in [2.45, 2.75) is 45.4 Å². The molecule has 0 fully saturated rings. The van der Waals surface area contributed by atoms with Crippen molar-refractivity contribution in [3.8, 4) is 5.75 Å². The number of thioether (sulfide) groups is 1. The van der Waals surface area contributed by atoms with Crippen LogP contribution in [0.2, 0.25) is 0 Å². The summed E-state index contributed by atoms with van der Waals surface area (Å²) in [5.41, 5.74) is 1.31. The van der Waals surface area contributed by atoms with Gasteiger partial charge in [-0.25, -0.2) is 0 Å². The molecule has 1 aromatic rings. The normalized spacial score (nSPS) is 10.5. The topological polar surface area (TPSA) is 35.5 Å². The minimum atomic E-state index is -0.134. The molecule has 0 radical (unpaired) electrons. The summed E-state index contributed by atoms with van der Waals surface area (Å²) in [6, 6.07) is 8.34. The van der Waals surface area contributed by atoms with E-state index in [4.69, 9.17) is 4.74 Å². The van der Waals surface area contributed by atoms with Gasteiger partial charge in [-0.15, -0.1) is 0 Å². The molecule has 22 heavy (non-hydrogen) atoms. The highest BCUT2D eigenvalue weighted by atomic mass is 32.2. The van der Waals surface area contributed by atoms with Crippen molar-refractivity contribution in [1.82, 2.24) is 0 Å². The van der Waals surface area contributed by atoms with Crippen LogP contribution in [0, 0.1) is 0 Å². The van der Waals surface area contributed by atoms with Gasteiger partial charge >= 0.3 is 5.97 Å². The van der Waals surface area contributed by atoms with E-state index >= 15 is 0 Å². The van der Waals surface area contributed by atoms with Gasteiger partial charge in [0, 0.05) is 5.75 Å². The van der Waals surface area contributed by atoms with Crippen molar-refractivity contribution in [3.05, 3.63) is 29.8 Å². The largest absolute Gasteiger partial charge is 0.493 e. The number of hydrogen-bond acceptors (Lipinski definition) is 4. The molecule has 0 bridgehead atoms. The molecule has 1 aromatic carbocycles. The summed E-state index contributed by atoms with van der Waals surface area (Å²) >= 11 is 1.77. The average molecular weight is 324 g/mol. The number of carbonyl (C=O) groups excluding carboxylic acids is 1. The summed E-state index contributed by atoms with van der Waals surface area (Å²) in [7, 11) is 1.43. The third-order valence-electron chi connectivity index (χ3n) is 3.39. The van der Waals surface area contributed by atoms with E-state index in [9.17, 15) is 4.79 Å². The van der Waals surface area contributed by atoms with E-state index in [0.717, 1.165) is 36.7 Å². The summed E-state index contributed by atoms with van der Waals surface area (Å²) in [6.07, 6.45) is 6.31. The van der Waals surface area contributed by atoms with E-state index in [1.807, 2.05) is 6.07 Å². The van der Waals surface area contributed by atoms with Crippen LogP contribution >= 0.6 is 11.8 Å². The second kappa shape index (κ2) is 12.4. The third-order valence-corrected chi connectivity index (χ3v) is 4.46. The molecule has 0 aliphatic carbocycles. The van der Waals surface area contributed by atoms with E-state index in [2.05, 4.69) is 29.9 Å². The molecular weight excluding hydrogens is 296 g/mol. The summed E-state index contributed by atoms with van der Waals surface area (Å²) in [5.74, 6) is 2.72. The standard InChI is InChI=1S/C18H28O3S/c1-3-4-5-9-16-10-6-7-11-17(16)21-13-8-14-22-15-12-18(19)20-2/h6-7,10-11H,3-5,8-9,12-15H2,1-2H3. The Morgan fingerprint density at radius 3 is 2.73 bits per heavy atom. The van der Waals surface area contributed by atoms with Crippen LogP contribution in [0.5, 0.6) is 5.75 Å². The Balaban J connectivity index is 2.17. The summed E-state index contributed by atoms with van der Waals surface area (Å²) in [5, 5.41) is 0. The minimum Gasteiger partial charge on any atom is -0.493 e. The van der Waals surface area contributed by atoms with Crippen molar-refractivity contribution >= 4 is 17.7 Å². The number of carbonyl (C=O) groups is 1. The Labute approximate surface area is 138 Å². The molecule has 1 rings (SSSR count). The molecular formula is C18H28O3S. The van der Waals surface area contributed by atoms with Gasteiger partial charge in [-0.2, -0.15) is 11.8 Å². The maximum atomic E-state index is 11.0. The summed E-state index contributed by atoms with van der Waals surface area (Å²) < 4.78 is 10.5. The van der Waals surface area contributed by atoms with E-state index in [1.165, 1.54) is 31.9 Å². The fourth-order valence-corrected chi connectivity index (χ4v) is 2.96. The predicted molar refractivity (Wildman–Crippen MR) is 93.7 cm³/mol. The van der Waals surface area contributed by atoms with Crippen LogP contribution in [0.4, 0.5) is 0 Å². The van der Waals surface area contributed by atoms with Gasteiger partial charge in [-0.3, -0.25) is 4.79 Å². The number of para-hydroxylation sites is 1. The number of benzene rings is 1. The average Bonchev–Trinajstić information content (AvgIpc) is 2.55. The Kier molecular flexibility index (Phi) is 10.6. The molecule has 0 saturated heterocycles. The highest BCUT2D eigenvalue weighted by Gasteiger charge is 2.03. The molecule has 0 heterocycles. The van der Waals surface area contributed by atoms with Gasteiger partial charge in [0.05, 0.1) is 20.1 Å². The maximum Gasteiger partial charge on any atom is 0.306 e. The van der Waals surface area contributed by atoms with Crippen LogP contribution in [0.3, 0.4) is 0 Å². The molecule has 0 N–H and O–H groups in total. The predicted octanol–water partition coefficient (Wildman–Crippen LogP) is 4.48. The zero-order chi connectivity index (χ0) is 16.0. The molecule has 3 nitrogen and oxygen atoms in total. The van der Waals surface area contributed by atoms with Crippen LogP contribution in [0.1, 0.15) is 44.6 Å². The quantitative estimate of drug-likeness (QED) is 0.419. The number of esters is 1. The zero-order valence-electron chi connectivity index (χ0n) is 13.8. The number of aryl methyl sites for hydroxylation is 1. The molecule has 0 aliphatic rings. The van der Waals surface area contributed by atoms with Gasteiger partial charge in [0.2, 0.25) is 0 Å². The van der Waals surface area contributed by atoms with Crippen LogP contribution in [0.15, 0.2) is 24.3 Å². The van der Waals surface area contributed by atoms with Crippen molar-refractivity contribution in [3.63, 3.8) is 0 Å². The van der Waals surface area contributed by atoms with Crippen LogP contribution < -0.4 is 4.74 Å². The second-order valence-electron chi connectivity index (χ2n) is 5.21. The van der Waals surface area contributed by atoms with Crippen molar-refractivity contribution in [2.75, 3.05) is 25.2 Å². The Bertz CT molecular complexity index is 421. The third kappa shape index (κ3) is 8.32. The molecule has 124 valence electrons. The smallest absolute Gasteiger partial charge is 0.306 e. The first kappa shape index (κ1) is 18.9. The highest BCUT2D eigenvalue weighted by molar-refractivity contribution is 7.99. The lowest BCUT2D eigenvalue weighted by atomic mass is 10.1. The van der Waals surface area contributed by atoms with Crippen LogP contribution in [-0.2, 0) is 16.0 Å². The Morgan fingerprint density at radius 1 is 1.14 bits per heavy atom. The molecule has 0 saturated carbocycles. The number of ether oxygens (including phenoxy) is 2. The van der Waals surface area contributed by atoms with Gasteiger partial charge in [-0.1, -0.05) is 38.0 Å². The Hall–Kier alpha value is -1.16. The minimum absolute atomic E-state index is 0.134. The van der Waals surface area contributed by atoms with Crippen LogP contribution in [0.25, 0.3) is 0 Å². The van der Waals surface area contributed by atoms with Gasteiger partial charge in [0.15, 0.2) is 0 Å². The van der Waals surface area contributed by atoms with Gasteiger partial charge in [0.25, 0.3) is 0 Å². The lowest BCUT2D eigenvalue weighted by Crippen LogP contribution is -2.03.